The highest BCUT2D eigenvalue weighted by atomic mass is 32.1. The number of carbonyl (C=O) groups excluding carboxylic acids is 2. The van der Waals surface area contributed by atoms with E-state index in [2.05, 4.69) is 15.6 Å². The predicted molar refractivity (Wildman–Crippen MR) is 97.5 cm³/mol. The molecule has 1 aliphatic heterocycles. The summed E-state index contributed by atoms with van der Waals surface area (Å²) in [7, 11) is 1.60. The van der Waals surface area contributed by atoms with Crippen LogP contribution in [0.2, 0.25) is 0 Å². The van der Waals surface area contributed by atoms with Gasteiger partial charge in [-0.3, -0.25) is 14.9 Å². The molecule has 0 spiro atoms. The summed E-state index contributed by atoms with van der Waals surface area (Å²) in [6, 6.07) is 11.0. The van der Waals surface area contributed by atoms with E-state index in [9.17, 15) is 9.59 Å². The summed E-state index contributed by atoms with van der Waals surface area (Å²) in [6.45, 7) is 0. The minimum absolute atomic E-state index is 0.00752. The Morgan fingerprint density at radius 1 is 1.28 bits per heavy atom. The van der Waals surface area contributed by atoms with E-state index in [4.69, 9.17) is 4.74 Å². The number of nitrogens with one attached hydrogen (secondary N) is 2. The number of rotatable bonds is 3. The first-order valence-electron chi connectivity index (χ1n) is 7.82. The lowest BCUT2D eigenvalue weighted by atomic mass is 10.0. The van der Waals surface area contributed by atoms with Gasteiger partial charge in [0.05, 0.1) is 11.8 Å². The smallest absolute Gasteiger partial charge is 0.257 e. The third kappa shape index (κ3) is 2.94. The van der Waals surface area contributed by atoms with Gasteiger partial charge < -0.3 is 10.1 Å². The van der Waals surface area contributed by atoms with Crippen LogP contribution in [0.25, 0.3) is 10.2 Å². The second-order valence-corrected chi connectivity index (χ2v) is 6.73. The number of hydrogen-bond donors (Lipinski definition) is 2. The van der Waals surface area contributed by atoms with Crippen molar-refractivity contribution in [2.45, 2.75) is 12.8 Å². The highest BCUT2D eigenvalue weighted by Crippen LogP contribution is 2.32. The quantitative estimate of drug-likeness (QED) is 0.756. The molecule has 7 heteroatoms. The summed E-state index contributed by atoms with van der Waals surface area (Å²) < 4.78 is 6.25. The van der Waals surface area contributed by atoms with Crippen molar-refractivity contribution < 1.29 is 14.3 Å². The van der Waals surface area contributed by atoms with Crippen LogP contribution in [0.1, 0.15) is 22.3 Å². The number of nitrogens with zero attached hydrogens (tertiary/aromatic N) is 1. The van der Waals surface area contributed by atoms with Gasteiger partial charge in [-0.05, 0) is 42.3 Å². The third-order valence-corrected chi connectivity index (χ3v) is 5.02. The summed E-state index contributed by atoms with van der Waals surface area (Å²) >= 11 is 1.40. The van der Waals surface area contributed by atoms with Crippen LogP contribution < -0.4 is 15.4 Å². The molecule has 0 unspecified atom stereocenters. The molecule has 2 amide bonds. The maximum absolute atomic E-state index is 12.5. The van der Waals surface area contributed by atoms with Crippen molar-refractivity contribution in [3.05, 3.63) is 47.5 Å². The maximum Gasteiger partial charge on any atom is 0.257 e. The average Bonchev–Trinajstić information content (AvgIpc) is 3.03. The van der Waals surface area contributed by atoms with Crippen LogP contribution in [0.5, 0.6) is 5.75 Å². The van der Waals surface area contributed by atoms with Crippen molar-refractivity contribution >= 4 is 44.2 Å². The van der Waals surface area contributed by atoms with Gasteiger partial charge in [0.25, 0.3) is 5.91 Å². The molecule has 6 nitrogen and oxygen atoms in total. The summed E-state index contributed by atoms with van der Waals surface area (Å²) in [6.07, 6.45) is 1.08. The zero-order valence-corrected chi connectivity index (χ0v) is 14.3. The van der Waals surface area contributed by atoms with Gasteiger partial charge in [0.15, 0.2) is 5.13 Å². The Morgan fingerprint density at radius 2 is 2.16 bits per heavy atom. The molecule has 0 bridgehead atoms. The fraction of sp³-hybridized carbons (Fsp3) is 0.167. The van der Waals surface area contributed by atoms with Crippen LogP contribution in [0.15, 0.2) is 36.4 Å². The normalized spacial score (nSPS) is 13.2. The number of para-hydroxylation sites is 1. The van der Waals surface area contributed by atoms with E-state index >= 15 is 0 Å². The monoisotopic (exact) mass is 353 g/mol. The van der Waals surface area contributed by atoms with Crippen LogP contribution in [0, 0.1) is 0 Å². The second-order valence-electron chi connectivity index (χ2n) is 5.70. The molecule has 2 N–H and O–H groups in total. The van der Waals surface area contributed by atoms with E-state index in [0.717, 1.165) is 21.5 Å². The van der Waals surface area contributed by atoms with E-state index in [1.807, 2.05) is 24.3 Å². The molecule has 0 aliphatic carbocycles. The molecular formula is C18H15N3O3S. The Labute approximate surface area is 147 Å². The Bertz CT molecular complexity index is 996. The number of anilines is 2. The van der Waals surface area contributed by atoms with Gasteiger partial charge in [0.1, 0.15) is 11.3 Å². The fourth-order valence-corrected chi connectivity index (χ4v) is 3.71. The molecule has 126 valence electrons. The molecule has 0 radical (unpaired) electrons. The van der Waals surface area contributed by atoms with Gasteiger partial charge in [-0.2, -0.15) is 0 Å². The van der Waals surface area contributed by atoms with Gasteiger partial charge in [-0.1, -0.05) is 17.4 Å². The third-order valence-electron chi connectivity index (χ3n) is 4.09. The first-order chi connectivity index (χ1) is 12.1. The number of thiazole rings is 1. The number of benzene rings is 2. The first-order valence-corrected chi connectivity index (χ1v) is 8.63. The number of amides is 2. The van der Waals surface area contributed by atoms with Crippen LogP contribution >= 0.6 is 11.3 Å². The number of carbonyl (C=O) groups is 2. The molecule has 25 heavy (non-hydrogen) atoms. The van der Waals surface area contributed by atoms with Crippen molar-refractivity contribution in [3.63, 3.8) is 0 Å². The van der Waals surface area contributed by atoms with Gasteiger partial charge >= 0.3 is 0 Å². The molecule has 2 aromatic carbocycles. The Balaban J connectivity index is 1.59. The van der Waals surface area contributed by atoms with Crippen LogP contribution in [-0.2, 0) is 11.2 Å². The highest BCUT2D eigenvalue weighted by molar-refractivity contribution is 7.22. The fourth-order valence-electron chi connectivity index (χ4n) is 2.84. The first kappa shape index (κ1) is 15.6. The van der Waals surface area contributed by atoms with E-state index in [0.29, 0.717) is 29.3 Å². The zero-order chi connectivity index (χ0) is 17.4. The molecule has 3 aromatic rings. The van der Waals surface area contributed by atoms with Gasteiger partial charge in [0, 0.05) is 17.7 Å². The van der Waals surface area contributed by atoms with E-state index < -0.39 is 0 Å². The topological polar surface area (TPSA) is 80.3 Å². The average molecular weight is 353 g/mol. The zero-order valence-electron chi connectivity index (χ0n) is 13.5. The standard InChI is InChI=1S/C18H15N3O3S/c1-24-13-3-2-4-14-16(13)20-18(25-14)21-17(23)11-5-7-12-10(9-11)6-8-15(22)19-12/h2-5,7,9H,6,8H2,1H3,(H,19,22)(H,20,21,23). The summed E-state index contributed by atoms with van der Waals surface area (Å²) in [5, 5.41) is 6.18. The SMILES string of the molecule is COc1cccc2sc(NC(=O)c3ccc4c(c3)CCC(=O)N4)nc12. The molecule has 2 heterocycles. The highest BCUT2D eigenvalue weighted by Gasteiger charge is 2.17. The van der Waals surface area contributed by atoms with Gasteiger partial charge in [-0.25, -0.2) is 4.98 Å². The Morgan fingerprint density at radius 3 is 3.00 bits per heavy atom. The maximum atomic E-state index is 12.5. The lowest BCUT2D eigenvalue weighted by molar-refractivity contribution is -0.116. The summed E-state index contributed by atoms with van der Waals surface area (Å²) in [5.41, 5.74) is 3.02. The summed E-state index contributed by atoms with van der Waals surface area (Å²) in [4.78, 5) is 28.4. The van der Waals surface area contributed by atoms with Crippen LogP contribution in [-0.4, -0.2) is 23.9 Å². The van der Waals surface area contributed by atoms with Crippen molar-refractivity contribution in [1.29, 1.82) is 0 Å². The largest absolute Gasteiger partial charge is 0.494 e. The molecule has 0 saturated carbocycles. The van der Waals surface area contributed by atoms with Crippen molar-refractivity contribution in [2.24, 2.45) is 0 Å². The number of aromatic nitrogens is 1. The Kier molecular flexibility index (Phi) is 3.85. The van der Waals surface area contributed by atoms with Crippen molar-refractivity contribution in [2.75, 3.05) is 17.7 Å². The van der Waals surface area contributed by atoms with Crippen molar-refractivity contribution in [1.82, 2.24) is 4.98 Å². The van der Waals surface area contributed by atoms with Gasteiger partial charge in [0.2, 0.25) is 5.91 Å². The lowest BCUT2D eigenvalue weighted by Crippen LogP contribution is -2.20. The molecule has 4 rings (SSSR count). The molecule has 1 aromatic heterocycles. The number of aryl methyl sites for hydroxylation is 1. The number of hydrogen-bond acceptors (Lipinski definition) is 5. The van der Waals surface area contributed by atoms with E-state index in [1.165, 1.54) is 11.3 Å². The minimum Gasteiger partial charge on any atom is -0.494 e. The van der Waals surface area contributed by atoms with Crippen LogP contribution in [0.4, 0.5) is 10.8 Å². The predicted octanol–water partition coefficient (Wildman–Crippen LogP) is 3.44. The number of ether oxygens (including phenoxy) is 1. The molecule has 0 atom stereocenters. The lowest BCUT2D eigenvalue weighted by Gasteiger charge is -2.17. The van der Waals surface area contributed by atoms with Crippen LogP contribution in [0.3, 0.4) is 0 Å². The van der Waals surface area contributed by atoms with Crippen molar-refractivity contribution in [3.8, 4) is 5.75 Å². The molecule has 0 saturated heterocycles. The van der Waals surface area contributed by atoms with E-state index in [1.54, 1.807) is 19.2 Å². The minimum atomic E-state index is -0.224. The van der Waals surface area contributed by atoms with Gasteiger partial charge in [-0.15, -0.1) is 0 Å². The second kappa shape index (κ2) is 6.18. The number of fused-ring (bicyclic) bond motifs is 2. The Hall–Kier alpha value is -2.93. The molecule has 1 aliphatic rings. The van der Waals surface area contributed by atoms with E-state index in [-0.39, 0.29) is 11.8 Å². The molecular weight excluding hydrogens is 338 g/mol. The molecule has 0 fully saturated rings. The number of methoxy groups -OCH3 is 1. The summed E-state index contributed by atoms with van der Waals surface area (Å²) in [5.74, 6) is 0.463.